The van der Waals surface area contributed by atoms with E-state index in [0.29, 0.717) is 19.4 Å². The van der Waals surface area contributed by atoms with Crippen LogP contribution in [0.15, 0.2) is 29.6 Å². The summed E-state index contributed by atoms with van der Waals surface area (Å²) in [6, 6.07) is 8.35. The molecule has 0 atom stereocenters. The molecule has 5 nitrogen and oxygen atoms in total. The van der Waals surface area contributed by atoms with Gasteiger partial charge in [-0.3, -0.25) is 9.69 Å². The molecule has 0 radical (unpaired) electrons. The van der Waals surface area contributed by atoms with Gasteiger partial charge in [0.1, 0.15) is 5.01 Å². The highest BCUT2D eigenvalue weighted by Gasteiger charge is 2.11. The molecule has 1 aliphatic rings. The molecule has 2 heterocycles. The molecular formula is C19H25N3O2S. The molecule has 134 valence electrons. The summed E-state index contributed by atoms with van der Waals surface area (Å²) in [5.41, 5.74) is 3.37. The average Bonchev–Trinajstić information content (AvgIpc) is 3.10. The lowest BCUT2D eigenvalue weighted by molar-refractivity contribution is -0.121. The van der Waals surface area contributed by atoms with Crippen LogP contribution >= 0.6 is 11.3 Å². The molecule has 1 amide bonds. The second-order valence-corrected chi connectivity index (χ2v) is 7.18. The van der Waals surface area contributed by atoms with Gasteiger partial charge in [0.25, 0.3) is 0 Å². The van der Waals surface area contributed by atoms with E-state index in [1.54, 1.807) is 11.3 Å². The molecule has 0 spiro atoms. The Morgan fingerprint density at radius 1 is 1.36 bits per heavy atom. The molecule has 25 heavy (non-hydrogen) atoms. The SMILES string of the molecule is Cc1cccc(-c2nc(CCC(=O)NCCN3CCOCC3)cs2)c1. The molecular weight excluding hydrogens is 334 g/mol. The van der Waals surface area contributed by atoms with Crippen molar-refractivity contribution >= 4 is 17.2 Å². The number of carbonyl (C=O) groups excluding carboxylic acids is 1. The Morgan fingerprint density at radius 2 is 2.20 bits per heavy atom. The first kappa shape index (κ1) is 18.0. The number of ether oxygens (including phenoxy) is 1. The zero-order chi connectivity index (χ0) is 17.5. The van der Waals surface area contributed by atoms with Gasteiger partial charge in [0.15, 0.2) is 0 Å². The Hall–Kier alpha value is -1.76. The normalized spacial score (nSPS) is 15.2. The minimum Gasteiger partial charge on any atom is -0.379 e. The lowest BCUT2D eigenvalue weighted by Gasteiger charge is -2.26. The molecule has 0 unspecified atom stereocenters. The first-order valence-corrected chi connectivity index (χ1v) is 9.67. The Kier molecular flexibility index (Phi) is 6.55. The predicted molar refractivity (Wildman–Crippen MR) is 101 cm³/mol. The quantitative estimate of drug-likeness (QED) is 0.825. The summed E-state index contributed by atoms with van der Waals surface area (Å²) in [5, 5.41) is 6.07. The van der Waals surface area contributed by atoms with Crippen molar-refractivity contribution < 1.29 is 9.53 Å². The van der Waals surface area contributed by atoms with Gasteiger partial charge in [-0.15, -0.1) is 11.3 Å². The van der Waals surface area contributed by atoms with Crippen molar-refractivity contribution in [2.24, 2.45) is 0 Å². The minimum absolute atomic E-state index is 0.0957. The van der Waals surface area contributed by atoms with Crippen molar-refractivity contribution in [1.29, 1.82) is 0 Å². The van der Waals surface area contributed by atoms with E-state index in [0.717, 1.165) is 49.1 Å². The molecule has 6 heteroatoms. The van der Waals surface area contributed by atoms with Crippen molar-refractivity contribution in [2.45, 2.75) is 19.8 Å². The summed E-state index contributed by atoms with van der Waals surface area (Å²) in [7, 11) is 0. The van der Waals surface area contributed by atoms with Crippen LogP contribution in [-0.4, -0.2) is 55.2 Å². The van der Waals surface area contributed by atoms with Crippen molar-refractivity contribution in [1.82, 2.24) is 15.2 Å². The van der Waals surface area contributed by atoms with Crippen molar-refractivity contribution in [3.63, 3.8) is 0 Å². The number of aromatic nitrogens is 1. The molecule has 0 bridgehead atoms. The molecule has 1 fully saturated rings. The average molecular weight is 359 g/mol. The number of hydrogen-bond donors (Lipinski definition) is 1. The Balaban J connectivity index is 1.40. The van der Waals surface area contributed by atoms with E-state index in [1.165, 1.54) is 5.56 Å². The standard InChI is InChI=1S/C19H25N3O2S/c1-15-3-2-4-16(13-15)19-21-17(14-25-19)5-6-18(23)20-7-8-22-9-11-24-12-10-22/h2-4,13-14H,5-12H2,1H3,(H,20,23). The lowest BCUT2D eigenvalue weighted by Crippen LogP contribution is -2.41. The number of hydrogen-bond acceptors (Lipinski definition) is 5. The second-order valence-electron chi connectivity index (χ2n) is 6.32. The number of amides is 1. The van der Waals surface area contributed by atoms with E-state index in [-0.39, 0.29) is 5.91 Å². The molecule has 0 aliphatic carbocycles. The van der Waals surface area contributed by atoms with Crippen LogP contribution in [0.3, 0.4) is 0 Å². The van der Waals surface area contributed by atoms with Gasteiger partial charge < -0.3 is 10.1 Å². The van der Waals surface area contributed by atoms with Crippen LogP contribution in [0.1, 0.15) is 17.7 Å². The molecule has 1 N–H and O–H groups in total. The minimum atomic E-state index is 0.0957. The van der Waals surface area contributed by atoms with Crippen LogP contribution in [0.5, 0.6) is 0 Å². The molecule has 0 saturated carbocycles. The van der Waals surface area contributed by atoms with Gasteiger partial charge in [-0.25, -0.2) is 4.98 Å². The number of aryl methyl sites for hydroxylation is 2. The molecule has 1 aliphatic heterocycles. The summed E-state index contributed by atoms with van der Waals surface area (Å²) in [6.45, 7) is 7.17. The zero-order valence-corrected chi connectivity index (χ0v) is 15.5. The first-order valence-electron chi connectivity index (χ1n) is 8.79. The van der Waals surface area contributed by atoms with E-state index < -0.39 is 0 Å². The lowest BCUT2D eigenvalue weighted by atomic mass is 10.1. The van der Waals surface area contributed by atoms with Gasteiger partial charge in [0, 0.05) is 43.5 Å². The Bertz CT molecular complexity index is 695. The molecule has 1 aromatic carbocycles. The van der Waals surface area contributed by atoms with Gasteiger partial charge in [0.05, 0.1) is 18.9 Å². The number of thiazole rings is 1. The van der Waals surface area contributed by atoms with E-state index in [2.05, 4.69) is 45.7 Å². The fraction of sp³-hybridized carbons (Fsp3) is 0.474. The van der Waals surface area contributed by atoms with Gasteiger partial charge in [-0.1, -0.05) is 23.8 Å². The fourth-order valence-electron chi connectivity index (χ4n) is 2.84. The third-order valence-corrected chi connectivity index (χ3v) is 5.22. The number of rotatable bonds is 7. The van der Waals surface area contributed by atoms with E-state index in [1.807, 2.05) is 6.07 Å². The highest BCUT2D eigenvalue weighted by Crippen LogP contribution is 2.24. The summed E-state index contributed by atoms with van der Waals surface area (Å²) < 4.78 is 5.32. The van der Waals surface area contributed by atoms with E-state index in [9.17, 15) is 4.79 Å². The zero-order valence-electron chi connectivity index (χ0n) is 14.7. The van der Waals surface area contributed by atoms with Gasteiger partial charge in [-0.05, 0) is 19.4 Å². The van der Waals surface area contributed by atoms with E-state index >= 15 is 0 Å². The van der Waals surface area contributed by atoms with Crippen molar-refractivity contribution in [2.75, 3.05) is 39.4 Å². The number of benzene rings is 1. The number of nitrogens with one attached hydrogen (secondary N) is 1. The highest BCUT2D eigenvalue weighted by molar-refractivity contribution is 7.13. The van der Waals surface area contributed by atoms with Crippen LogP contribution in [0, 0.1) is 6.92 Å². The summed E-state index contributed by atoms with van der Waals surface area (Å²) in [6.07, 6.45) is 1.17. The maximum Gasteiger partial charge on any atom is 0.220 e. The van der Waals surface area contributed by atoms with E-state index in [4.69, 9.17) is 4.74 Å². The van der Waals surface area contributed by atoms with Crippen LogP contribution in [-0.2, 0) is 16.0 Å². The first-order chi connectivity index (χ1) is 12.2. The summed E-state index contributed by atoms with van der Waals surface area (Å²) >= 11 is 1.64. The maximum absolute atomic E-state index is 12.0. The largest absolute Gasteiger partial charge is 0.379 e. The van der Waals surface area contributed by atoms with Crippen LogP contribution in [0.2, 0.25) is 0 Å². The predicted octanol–water partition coefficient (Wildman–Crippen LogP) is 2.50. The number of morpholine rings is 1. The summed E-state index contributed by atoms with van der Waals surface area (Å²) in [5.74, 6) is 0.0957. The third-order valence-electron chi connectivity index (χ3n) is 4.28. The number of nitrogens with zero attached hydrogens (tertiary/aromatic N) is 2. The Morgan fingerprint density at radius 3 is 3.00 bits per heavy atom. The van der Waals surface area contributed by atoms with Gasteiger partial charge >= 0.3 is 0 Å². The Labute approximate surface area is 153 Å². The van der Waals surface area contributed by atoms with Crippen LogP contribution < -0.4 is 5.32 Å². The van der Waals surface area contributed by atoms with Crippen LogP contribution in [0.25, 0.3) is 10.6 Å². The van der Waals surface area contributed by atoms with Gasteiger partial charge in [0.2, 0.25) is 5.91 Å². The topological polar surface area (TPSA) is 54.5 Å². The number of carbonyl (C=O) groups is 1. The highest BCUT2D eigenvalue weighted by atomic mass is 32.1. The molecule has 1 aromatic heterocycles. The van der Waals surface area contributed by atoms with Crippen LogP contribution in [0.4, 0.5) is 0 Å². The monoisotopic (exact) mass is 359 g/mol. The smallest absolute Gasteiger partial charge is 0.220 e. The van der Waals surface area contributed by atoms with Gasteiger partial charge in [-0.2, -0.15) is 0 Å². The third kappa shape index (κ3) is 5.63. The molecule has 2 aromatic rings. The fourth-order valence-corrected chi connectivity index (χ4v) is 3.69. The molecule has 3 rings (SSSR count). The van der Waals surface area contributed by atoms with Crippen molar-refractivity contribution in [3.05, 3.63) is 40.9 Å². The maximum atomic E-state index is 12.0. The second kappa shape index (κ2) is 9.08. The summed E-state index contributed by atoms with van der Waals surface area (Å²) in [4.78, 5) is 19.0. The molecule has 1 saturated heterocycles. The van der Waals surface area contributed by atoms with Crippen molar-refractivity contribution in [3.8, 4) is 10.6 Å².